The van der Waals surface area contributed by atoms with E-state index in [1.54, 1.807) is 4.90 Å². The van der Waals surface area contributed by atoms with Gasteiger partial charge in [0.1, 0.15) is 12.0 Å². The normalized spacial score (nSPS) is 12.3. The number of aromatic nitrogens is 4. The minimum Gasteiger partial charge on any atom is -0.469 e. The molecular weight excluding hydrogens is 566 g/mol. The molecule has 0 radical (unpaired) electrons. The summed E-state index contributed by atoms with van der Waals surface area (Å²) in [6, 6.07) is 14.2. The first kappa shape index (κ1) is 33.8. The molecule has 2 aromatic carbocycles. The van der Waals surface area contributed by atoms with Crippen LogP contribution in [0.1, 0.15) is 58.4 Å². The Morgan fingerprint density at radius 3 is 2.30 bits per heavy atom. The summed E-state index contributed by atoms with van der Waals surface area (Å²) in [7, 11) is 1.20. The number of methoxy groups -OCH3 is 1. The number of esters is 1. The van der Waals surface area contributed by atoms with Crippen LogP contribution in [0.3, 0.4) is 0 Å². The van der Waals surface area contributed by atoms with Crippen LogP contribution in [0, 0.1) is 11.8 Å². The summed E-state index contributed by atoms with van der Waals surface area (Å²) in [6.45, 7) is 6.34. The number of amides is 3. The summed E-state index contributed by atoms with van der Waals surface area (Å²) >= 11 is 0. The van der Waals surface area contributed by atoms with Crippen molar-refractivity contribution in [3.05, 3.63) is 54.1 Å². The second-order valence-corrected chi connectivity index (χ2v) is 10.9. The molecule has 4 N–H and O–H groups in total. The molecule has 1 heterocycles. The predicted molar refractivity (Wildman–Crippen MR) is 161 cm³/mol. The summed E-state index contributed by atoms with van der Waals surface area (Å²) in [4.78, 5) is 53.2. The molecule has 3 aromatic rings. The third-order valence-corrected chi connectivity index (χ3v) is 7.16. The van der Waals surface area contributed by atoms with Crippen molar-refractivity contribution in [1.29, 1.82) is 0 Å². The standard InChI is InChI=1S/C31H41N7O6/c1-5-6-9-16-38(31(42)26(18-27(39)44-4)32-29(40)25(17-20(2)3)30(41)35-43)19-21-12-14-22(15-13-21)23-10-7-8-11-24(23)28-33-36-37-34-28/h7-8,10-15,20,25-26,43H,5-6,9,16-19H2,1-4H3,(H,32,40)(H,35,41)(H,33,34,36,37). The van der Waals surface area contributed by atoms with E-state index in [4.69, 9.17) is 4.74 Å². The van der Waals surface area contributed by atoms with Crippen LogP contribution in [0.2, 0.25) is 0 Å². The van der Waals surface area contributed by atoms with Crippen LogP contribution < -0.4 is 10.8 Å². The van der Waals surface area contributed by atoms with E-state index in [2.05, 4.69) is 32.9 Å². The summed E-state index contributed by atoms with van der Waals surface area (Å²) < 4.78 is 4.80. The van der Waals surface area contributed by atoms with Crippen LogP contribution in [0.4, 0.5) is 0 Å². The fourth-order valence-corrected chi connectivity index (χ4v) is 4.86. The van der Waals surface area contributed by atoms with Crippen molar-refractivity contribution >= 4 is 23.7 Å². The Balaban J connectivity index is 1.86. The lowest BCUT2D eigenvalue weighted by molar-refractivity contribution is -0.147. The van der Waals surface area contributed by atoms with E-state index < -0.39 is 42.1 Å². The number of benzene rings is 2. The van der Waals surface area contributed by atoms with Crippen molar-refractivity contribution in [2.45, 2.75) is 65.5 Å². The molecule has 236 valence electrons. The van der Waals surface area contributed by atoms with Gasteiger partial charge in [-0.15, -0.1) is 10.2 Å². The number of carbonyl (C=O) groups is 4. The highest BCUT2D eigenvalue weighted by atomic mass is 16.5. The molecule has 0 aliphatic heterocycles. The molecule has 13 heteroatoms. The summed E-state index contributed by atoms with van der Waals surface area (Å²) in [6.07, 6.45) is 2.27. The highest BCUT2D eigenvalue weighted by Crippen LogP contribution is 2.30. The summed E-state index contributed by atoms with van der Waals surface area (Å²) in [5.74, 6) is -3.63. The zero-order valence-corrected chi connectivity index (χ0v) is 25.6. The zero-order valence-electron chi connectivity index (χ0n) is 25.6. The quantitative estimate of drug-likeness (QED) is 0.0625. The van der Waals surface area contributed by atoms with Crippen LogP contribution in [0.25, 0.3) is 22.5 Å². The first-order chi connectivity index (χ1) is 21.2. The van der Waals surface area contributed by atoms with Gasteiger partial charge in [0.15, 0.2) is 0 Å². The van der Waals surface area contributed by atoms with Gasteiger partial charge in [-0.1, -0.05) is 82.1 Å². The molecule has 0 saturated carbocycles. The van der Waals surface area contributed by atoms with Crippen LogP contribution in [-0.4, -0.2) is 74.1 Å². The lowest BCUT2D eigenvalue weighted by atomic mass is 9.95. The molecule has 0 spiro atoms. The molecule has 0 saturated heterocycles. The number of aromatic amines is 1. The van der Waals surface area contributed by atoms with Crippen molar-refractivity contribution < 1.29 is 29.1 Å². The first-order valence-corrected chi connectivity index (χ1v) is 14.7. The third kappa shape index (κ3) is 9.43. The number of nitrogens with zero attached hydrogens (tertiary/aromatic N) is 4. The van der Waals surface area contributed by atoms with Crippen LogP contribution in [-0.2, 0) is 30.5 Å². The highest BCUT2D eigenvalue weighted by molar-refractivity contribution is 6.02. The average Bonchev–Trinajstić information content (AvgIpc) is 3.57. The van der Waals surface area contributed by atoms with Gasteiger partial charge in [0.2, 0.25) is 17.6 Å². The van der Waals surface area contributed by atoms with Crippen molar-refractivity contribution in [3.63, 3.8) is 0 Å². The lowest BCUT2D eigenvalue weighted by Crippen LogP contribution is -2.52. The van der Waals surface area contributed by atoms with Gasteiger partial charge in [-0.2, -0.15) is 5.21 Å². The SMILES string of the molecule is CCCCCN(Cc1ccc(-c2ccccc2-c2nn[nH]n2)cc1)C(=O)C(CC(=O)OC)NC(=O)C(CC(C)C)C(=O)NO. The van der Waals surface area contributed by atoms with E-state index in [9.17, 15) is 24.4 Å². The number of nitrogens with one attached hydrogen (secondary N) is 3. The maximum atomic E-state index is 13.9. The maximum Gasteiger partial charge on any atom is 0.308 e. The van der Waals surface area contributed by atoms with Crippen LogP contribution >= 0.6 is 0 Å². The van der Waals surface area contributed by atoms with Gasteiger partial charge in [-0.05, 0) is 40.7 Å². The molecule has 2 atom stereocenters. The minimum atomic E-state index is -1.26. The number of hydrogen-bond donors (Lipinski definition) is 4. The second-order valence-electron chi connectivity index (χ2n) is 10.9. The van der Waals surface area contributed by atoms with E-state index in [1.807, 2.05) is 62.4 Å². The summed E-state index contributed by atoms with van der Waals surface area (Å²) in [5, 5.41) is 26.1. The number of tetrazole rings is 1. The van der Waals surface area contributed by atoms with Crippen molar-refractivity contribution in [3.8, 4) is 22.5 Å². The number of hydroxylamine groups is 1. The van der Waals surface area contributed by atoms with E-state index in [-0.39, 0.29) is 18.9 Å². The van der Waals surface area contributed by atoms with E-state index in [0.29, 0.717) is 12.4 Å². The highest BCUT2D eigenvalue weighted by Gasteiger charge is 2.34. The van der Waals surface area contributed by atoms with Gasteiger partial charge in [0.05, 0.1) is 13.5 Å². The third-order valence-electron chi connectivity index (χ3n) is 7.16. The smallest absolute Gasteiger partial charge is 0.308 e. The van der Waals surface area contributed by atoms with Gasteiger partial charge in [-0.3, -0.25) is 24.4 Å². The molecule has 0 aliphatic carbocycles. The minimum absolute atomic E-state index is 0.0505. The lowest BCUT2D eigenvalue weighted by Gasteiger charge is -2.29. The van der Waals surface area contributed by atoms with Crippen LogP contribution in [0.15, 0.2) is 48.5 Å². The Morgan fingerprint density at radius 1 is 1.00 bits per heavy atom. The number of unbranched alkanes of at least 4 members (excludes halogenated alkanes) is 2. The molecule has 0 bridgehead atoms. The van der Waals surface area contributed by atoms with E-state index in [1.165, 1.54) is 12.6 Å². The zero-order chi connectivity index (χ0) is 32.1. The topological polar surface area (TPSA) is 180 Å². The molecule has 2 unspecified atom stereocenters. The number of hydrogen-bond acceptors (Lipinski definition) is 9. The molecule has 1 aromatic heterocycles. The number of carbonyl (C=O) groups excluding carboxylic acids is 4. The number of ether oxygens (including phenoxy) is 1. The fraction of sp³-hybridized carbons (Fsp3) is 0.452. The Labute approximate surface area is 256 Å². The van der Waals surface area contributed by atoms with Gasteiger partial charge in [0.25, 0.3) is 5.91 Å². The first-order valence-electron chi connectivity index (χ1n) is 14.7. The van der Waals surface area contributed by atoms with Gasteiger partial charge < -0.3 is 15.0 Å². The Morgan fingerprint density at radius 2 is 1.70 bits per heavy atom. The maximum absolute atomic E-state index is 13.9. The fourth-order valence-electron chi connectivity index (χ4n) is 4.86. The van der Waals surface area contributed by atoms with Crippen molar-refractivity contribution in [2.24, 2.45) is 11.8 Å². The van der Waals surface area contributed by atoms with E-state index in [0.717, 1.165) is 41.5 Å². The van der Waals surface area contributed by atoms with E-state index >= 15 is 0 Å². The Kier molecular flexibility index (Phi) is 13.0. The van der Waals surface area contributed by atoms with Gasteiger partial charge >= 0.3 is 5.97 Å². The average molecular weight is 608 g/mol. The predicted octanol–water partition coefficient (Wildman–Crippen LogP) is 3.27. The summed E-state index contributed by atoms with van der Waals surface area (Å²) in [5.41, 5.74) is 5.03. The Hall–Kier alpha value is -4.65. The Bertz CT molecular complexity index is 1380. The monoisotopic (exact) mass is 607 g/mol. The van der Waals surface area contributed by atoms with Gasteiger partial charge in [-0.25, -0.2) is 5.48 Å². The van der Waals surface area contributed by atoms with Crippen LogP contribution in [0.5, 0.6) is 0 Å². The molecule has 3 rings (SSSR count). The molecule has 13 nitrogen and oxygen atoms in total. The second kappa shape index (κ2) is 16.8. The molecule has 0 fully saturated rings. The molecule has 44 heavy (non-hydrogen) atoms. The molecule has 0 aliphatic rings. The number of H-pyrrole nitrogens is 1. The molecule has 3 amide bonds. The van der Waals surface area contributed by atoms with Crippen molar-refractivity contribution in [2.75, 3.05) is 13.7 Å². The van der Waals surface area contributed by atoms with Gasteiger partial charge in [0, 0.05) is 18.7 Å². The largest absolute Gasteiger partial charge is 0.469 e. The molecular formula is C31H41N7O6. The number of rotatable bonds is 16. The van der Waals surface area contributed by atoms with Crippen molar-refractivity contribution in [1.82, 2.24) is 36.3 Å².